The first-order valence-electron chi connectivity index (χ1n) is 5.86. The van der Waals surface area contributed by atoms with Crippen molar-refractivity contribution in [1.29, 1.82) is 0 Å². The Balaban J connectivity index is 2.19. The summed E-state index contributed by atoms with van der Waals surface area (Å²) in [7, 11) is 0. The molecule has 0 spiro atoms. The molecule has 1 saturated carbocycles. The maximum Gasteiger partial charge on any atom is 0.419 e. The predicted octanol–water partition coefficient (Wildman–Crippen LogP) is 4.45. The van der Waals surface area contributed by atoms with Crippen molar-refractivity contribution >= 4 is 5.69 Å². The molecule has 100 valence electrons. The molecule has 2 rings (SSSR count). The van der Waals surface area contributed by atoms with E-state index < -0.39 is 17.6 Å². The summed E-state index contributed by atoms with van der Waals surface area (Å²) >= 11 is 0. The standard InChI is InChI=1S/C13H15F4N/c1-8(12(2)5-6-12)18-9-3-4-11(14)10(7-9)13(15,16)17/h3-4,7-8,18H,5-6H2,1-2H3. The highest BCUT2D eigenvalue weighted by atomic mass is 19.4. The molecule has 1 unspecified atom stereocenters. The fourth-order valence-electron chi connectivity index (χ4n) is 1.89. The quantitative estimate of drug-likeness (QED) is 0.793. The zero-order chi connectivity index (χ0) is 13.6. The van der Waals surface area contributed by atoms with Crippen LogP contribution < -0.4 is 5.32 Å². The average Bonchev–Trinajstić information content (AvgIpc) is 2.99. The van der Waals surface area contributed by atoms with Gasteiger partial charge in [-0.25, -0.2) is 4.39 Å². The van der Waals surface area contributed by atoms with E-state index in [-0.39, 0.29) is 11.5 Å². The summed E-state index contributed by atoms with van der Waals surface area (Å²) in [5.41, 5.74) is -0.766. The number of nitrogens with one attached hydrogen (secondary N) is 1. The Morgan fingerprint density at radius 3 is 2.39 bits per heavy atom. The first-order chi connectivity index (χ1) is 8.22. The highest BCUT2D eigenvalue weighted by Gasteiger charge is 2.42. The minimum Gasteiger partial charge on any atom is -0.382 e. The van der Waals surface area contributed by atoms with Gasteiger partial charge in [0.25, 0.3) is 0 Å². The lowest BCUT2D eigenvalue weighted by atomic mass is 10.0. The summed E-state index contributed by atoms with van der Waals surface area (Å²) in [6.45, 7) is 4.02. The lowest BCUT2D eigenvalue weighted by Gasteiger charge is -2.22. The molecule has 1 atom stereocenters. The highest BCUT2D eigenvalue weighted by Crippen LogP contribution is 2.49. The normalized spacial score (nSPS) is 19.4. The van der Waals surface area contributed by atoms with Gasteiger partial charge < -0.3 is 5.32 Å². The fraction of sp³-hybridized carbons (Fsp3) is 0.538. The molecule has 18 heavy (non-hydrogen) atoms. The topological polar surface area (TPSA) is 12.0 Å². The van der Waals surface area contributed by atoms with Crippen LogP contribution in [0.5, 0.6) is 0 Å². The van der Waals surface area contributed by atoms with E-state index in [2.05, 4.69) is 12.2 Å². The number of benzene rings is 1. The molecule has 1 fully saturated rings. The maximum atomic E-state index is 13.1. The van der Waals surface area contributed by atoms with Gasteiger partial charge in [-0.2, -0.15) is 13.2 Å². The van der Waals surface area contributed by atoms with Gasteiger partial charge >= 0.3 is 6.18 Å². The molecule has 0 radical (unpaired) electrons. The van der Waals surface area contributed by atoms with E-state index >= 15 is 0 Å². The summed E-state index contributed by atoms with van der Waals surface area (Å²) in [6.07, 6.45) is -2.53. The third-order valence-corrected chi connectivity index (χ3v) is 3.74. The Morgan fingerprint density at radius 2 is 1.89 bits per heavy atom. The van der Waals surface area contributed by atoms with E-state index in [0.29, 0.717) is 5.69 Å². The molecular weight excluding hydrogens is 246 g/mol. The fourth-order valence-corrected chi connectivity index (χ4v) is 1.89. The van der Waals surface area contributed by atoms with Gasteiger partial charge in [-0.3, -0.25) is 0 Å². The molecule has 0 aliphatic heterocycles. The van der Waals surface area contributed by atoms with Gasteiger partial charge in [-0.15, -0.1) is 0 Å². The molecular formula is C13H15F4N. The van der Waals surface area contributed by atoms with E-state index in [1.54, 1.807) is 0 Å². The second-order valence-corrected chi connectivity index (χ2v) is 5.21. The van der Waals surface area contributed by atoms with Crippen molar-refractivity contribution in [3.05, 3.63) is 29.6 Å². The first-order valence-corrected chi connectivity index (χ1v) is 5.86. The van der Waals surface area contributed by atoms with Crippen molar-refractivity contribution in [1.82, 2.24) is 0 Å². The van der Waals surface area contributed by atoms with Gasteiger partial charge in [-0.05, 0) is 43.4 Å². The van der Waals surface area contributed by atoms with Crippen molar-refractivity contribution in [2.24, 2.45) is 5.41 Å². The van der Waals surface area contributed by atoms with Crippen LogP contribution in [0.25, 0.3) is 0 Å². The van der Waals surface area contributed by atoms with Crippen LogP contribution in [0, 0.1) is 11.2 Å². The Labute approximate surface area is 103 Å². The molecule has 5 heteroatoms. The van der Waals surface area contributed by atoms with E-state index in [1.807, 2.05) is 6.92 Å². The molecule has 1 aliphatic rings. The third-order valence-electron chi connectivity index (χ3n) is 3.74. The van der Waals surface area contributed by atoms with Gasteiger partial charge in [0.1, 0.15) is 5.82 Å². The van der Waals surface area contributed by atoms with Crippen LogP contribution in [0.2, 0.25) is 0 Å². The van der Waals surface area contributed by atoms with Crippen molar-refractivity contribution < 1.29 is 17.6 Å². The van der Waals surface area contributed by atoms with E-state index in [4.69, 9.17) is 0 Å². The lowest BCUT2D eigenvalue weighted by Crippen LogP contribution is -2.25. The summed E-state index contributed by atoms with van der Waals surface area (Å²) in [6, 6.07) is 3.10. The Morgan fingerprint density at radius 1 is 1.28 bits per heavy atom. The molecule has 0 aromatic heterocycles. The van der Waals surface area contributed by atoms with E-state index in [0.717, 1.165) is 25.0 Å². The number of alkyl halides is 3. The van der Waals surface area contributed by atoms with Crippen molar-refractivity contribution in [2.45, 2.75) is 38.9 Å². The third kappa shape index (κ3) is 2.60. The zero-order valence-corrected chi connectivity index (χ0v) is 10.2. The van der Waals surface area contributed by atoms with Crippen LogP contribution >= 0.6 is 0 Å². The molecule has 0 saturated heterocycles. The number of anilines is 1. The highest BCUT2D eigenvalue weighted by molar-refractivity contribution is 5.48. The van der Waals surface area contributed by atoms with Crippen LogP contribution in [0.15, 0.2) is 18.2 Å². The zero-order valence-electron chi connectivity index (χ0n) is 10.2. The Kier molecular flexibility index (Phi) is 3.03. The summed E-state index contributed by atoms with van der Waals surface area (Å²) < 4.78 is 50.7. The summed E-state index contributed by atoms with van der Waals surface area (Å²) in [5.74, 6) is -1.24. The van der Waals surface area contributed by atoms with Crippen molar-refractivity contribution in [2.75, 3.05) is 5.32 Å². The van der Waals surface area contributed by atoms with Crippen LogP contribution in [-0.2, 0) is 6.18 Å². The van der Waals surface area contributed by atoms with E-state index in [9.17, 15) is 17.6 Å². The van der Waals surface area contributed by atoms with Crippen LogP contribution in [0.1, 0.15) is 32.3 Å². The molecule has 1 aromatic rings. The minimum absolute atomic E-state index is 0.0732. The maximum absolute atomic E-state index is 13.1. The second kappa shape index (κ2) is 4.14. The first kappa shape index (κ1) is 13.2. The van der Waals surface area contributed by atoms with E-state index in [1.165, 1.54) is 6.07 Å². The molecule has 1 nitrogen and oxygen atoms in total. The van der Waals surface area contributed by atoms with Gasteiger partial charge in [0.05, 0.1) is 5.56 Å². The lowest BCUT2D eigenvalue weighted by molar-refractivity contribution is -0.139. The number of halogens is 4. The van der Waals surface area contributed by atoms with Crippen LogP contribution in [-0.4, -0.2) is 6.04 Å². The minimum atomic E-state index is -4.66. The Hall–Kier alpha value is -1.26. The van der Waals surface area contributed by atoms with Gasteiger partial charge in [0.15, 0.2) is 0 Å². The summed E-state index contributed by atoms with van der Waals surface area (Å²) in [4.78, 5) is 0. The molecule has 1 N–H and O–H groups in total. The molecule has 0 bridgehead atoms. The van der Waals surface area contributed by atoms with Gasteiger partial charge in [0, 0.05) is 11.7 Å². The van der Waals surface area contributed by atoms with Crippen LogP contribution in [0.3, 0.4) is 0 Å². The summed E-state index contributed by atoms with van der Waals surface area (Å²) in [5, 5.41) is 3.02. The number of rotatable bonds is 3. The number of hydrogen-bond donors (Lipinski definition) is 1. The van der Waals surface area contributed by atoms with Crippen molar-refractivity contribution in [3.63, 3.8) is 0 Å². The Bertz CT molecular complexity index is 449. The van der Waals surface area contributed by atoms with Crippen LogP contribution in [0.4, 0.5) is 23.2 Å². The SMILES string of the molecule is CC(Nc1ccc(F)c(C(F)(F)F)c1)C1(C)CC1. The predicted molar refractivity (Wildman–Crippen MR) is 61.8 cm³/mol. The van der Waals surface area contributed by atoms with Gasteiger partial charge in [-0.1, -0.05) is 6.92 Å². The second-order valence-electron chi connectivity index (χ2n) is 5.21. The van der Waals surface area contributed by atoms with Gasteiger partial charge in [0.2, 0.25) is 0 Å². The molecule has 1 aliphatic carbocycles. The largest absolute Gasteiger partial charge is 0.419 e. The number of hydrogen-bond acceptors (Lipinski definition) is 1. The molecule has 0 heterocycles. The molecule has 0 amide bonds. The monoisotopic (exact) mass is 261 g/mol. The van der Waals surface area contributed by atoms with Crippen molar-refractivity contribution in [3.8, 4) is 0 Å². The molecule has 1 aromatic carbocycles. The smallest absolute Gasteiger partial charge is 0.382 e. The average molecular weight is 261 g/mol.